The molecule has 4 rings (SSSR count). The van der Waals surface area contributed by atoms with Gasteiger partial charge in [-0.25, -0.2) is 9.97 Å². The number of aliphatic hydroxyl groups excluding tert-OH is 1. The zero-order chi connectivity index (χ0) is 24.4. The van der Waals surface area contributed by atoms with Gasteiger partial charge in [-0.1, -0.05) is 6.92 Å². The van der Waals surface area contributed by atoms with Crippen LogP contribution in [-0.4, -0.2) is 62.6 Å². The van der Waals surface area contributed by atoms with Crippen molar-refractivity contribution in [1.82, 2.24) is 20.2 Å². The van der Waals surface area contributed by atoms with E-state index in [2.05, 4.69) is 34.4 Å². The number of rotatable bonds is 7. The number of aromatic nitrogens is 2. The molecule has 1 aliphatic heterocycles. The molecule has 1 saturated carbocycles. The molecule has 184 valence electrons. The number of nitrogens with one attached hydrogen (secondary N) is 2. The minimum Gasteiger partial charge on any atom is -0.391 e. The highest BCUT2D eigenvalue weighted by molar-refractivity contribution is 7.17. The van der Waals surface area contributed by atoms with Crippen LogP contribution in [0.4, 0.5) is 5.82 Å². The Labute approximate surface area is 205 Å². The molecular weight excluding hydrogens is 450 g/mol. The number of carbonyl (C=O) groups excluding carboxylic acids is 2. The standard InChI is InChI=1S/C25H35N5O3S/c1-5-15(3)27-20-12-14(2)17(13-26-20)22-21(25(33)30-11-7-8-16(30)4)29-24(34-22)23(32)28-18-9-6-10-19(18)31/h12-13,15-16,18-19,31H,5-11H2,1-4H3,(H,26,27)(H,28,32)/t15-,16+,18+,19+/m1/s1. The third-order valence-electron chi connectivity index (χ3n) is 7.00. The lowest BCUT2D eigenvalue weighted by atomic mass is 10.1. The third-order valence-corrected chi connectivity index (χ3v) is 8.08. The van der Waals surface area contributed by atoms with Crippen molar-refractivity contribution in [3.63, 3.8) is 0 Å². The highest BCUT2D eigenvalue weighted by Crippen LogP contribution is 2.35. The van der Waals surface area contributed by atoms with E-state index in [0.29, 0.717) is 29.6 Å². The summed E-state index contributed by atoms with van der Waals surface area (Å²) in [6.07, 6.45) is 6.46. The van der Waals surface area contributed by atoms with Crippen molar-refractivity contribution in [1.29, 1.82) is 0 Å². The fourth-order valence-electron chi connectivity index (χ4n) is 4.68. The lowest BCUT2D eigenvalue weighted by Gasteiger charge is -2.21. The maximum Gasteiger partial charge on any atom is 0.280 e. The number of aliphatic hydroxyl groups is 1. The summed E-state index contributed by atoms with van der Waals surface area (Å²) in [6.45, 7) is 8.95. The van der Waals surface area contributed by atoms with Gasteiger partial charge in [0, 0.05) is 30.4 Å². The average Bonchev–Trinajstić information content (AvgIpc) is 3.54. The molecule has 8 nitrogen and oxygen atoms in total. The van der Waals surface area contributed by atoms with Crippen molar-refractivity contribution in [3.8, 4) is 10.4 Å². The highest BCUT2D eigenvalue weighted by Gasteiger charge is 2.33. The zero-order valence-corrected chi connectivity index (χ0v) is 21.2. The van der Waals surface area contributed by atoms with Gasteiger partial charge in [-0.2, -0.15) is 0 Å². The maximum absolute atomic E-state index is 13.5. The maximum atomic E-state index is 13.5. The molecule has 1 aliphatic carbocycles. The lowest BCUT2D eigenvalue weighted by molar-refractivity contribution is 0.0743. The number of pyridine rings is 1. The van der Waals surface area contributed by atoms with Crippen LogP contribution in [0.2, 0.25) is 0 Å². The van der Waals surface area contributed by atoms with Gasteiger partial charge >= 0.3 is 0 Å². The molecule has 2 aromatic rings. The van der Waals surface area contributed by atoms with Crippen LogP contribution >= 0.6 is 11.3 Å². The number of aryl methyl sites for hydroxylation is 1. The second-order valence-electron chi connectivity index (χ2n) is 9.60. The first-order chi connectivity index (χ1) is 16.3. The summed E-state index contributed by atoms with van der Waals surface area (Å²) in [5.41, 5.74) is 2.08. The number of anilines is 1. The van der Waals surface area contributed by atoms with Gasteiger partial charge < -0.3 is 20.6 Å². The summed E-state index contributed by atoms with van der Waals surface area (Å²) in [4.78, 5) is 38.2. The molecule has 2 aliphatic rings. The fourth-order valence-corrected chi connectivity index (χ4v) is 5.72. The van der Waals surface area contributed by atoms with Crippen LogP contribution in [0.3, 0.4) is 0 Å². The van der Waals surface area contributed by atoms with Crippen LogP contribution in [0.5, 0.6) is 0 Å². The van der Waals surface area contributed by atoms with Crippen LogP contribution in [0.15, 0.2) is 12.3 Å². The van der Waals surface area contributed by atoms with E-state index in [1.165, 1.54) is 11.3 Å². The van der Waals surface area contributed by atoms with Crippen molar-refractivity contribution in [3.05, 3.63) is 28.5 Å². The van der Waals surface area contributed by atoms with E-state index in [4.69, 9.17) is 0 Å². The number of amides is 2. The molecule has 3 heterocycles. The first kappa shape index (κ1) is 24.6. The molecular formula is C25H35N5O3S. The topological polar surface area (TPSA) is 107 Å². The Morgan fingerprint density at radius 3 is 2.71 bits per heavy atom. The van der Waals surface area contributed by atoms with Crippen LogP contribution < -0.4 is 10.6 Å². The monoisotopic (exact) mass is 485 g/mol. The summed E-state index contributed by atoms with van der Waals surface area (Å²) in [5.74, 6) is 0.304. The molecule has 0 spiro atoms. The molecule has 4 atom stereocenters. The number of carbonyl (C=O) groups is 2. The first-order valence-corrected chi connectivity index (χ1v) is 13.1. The average molecular weight is 486 g/mol. The smallest absolute Gasteiger partial charge is 0.280 e. The third kappa shape index (κ3) is 5.10. The molecule has 2 amide bonds. The van der Waals surface area contributed by atoms with Gasteiger partial charge in [0.2, 0.25) is 0 Å². The number of hydrogen-bond donors (Lipinski definition) is 3. The molecule has 3 N–H and O–H groups in total. The van der Waals surface area contributed by atoms with Crippen molar-refractivity contribution in [2.24, 2.45) is 0 Å². The lowest BCUT2D eigenvalue weighted by Crippen LogP contribution is -2.40. The van der Waals surface area contributed by atoms with E-state index in [-0.39, 0.29) is 28.9 Å². The fraction of sp³-hybridized carbons (Fsp3) is 0.600. The molecule has 1 saturated heterocycles. The summed E-state index contributed by atoms with van der Waals surface area (Å²) in [5, 5.41) is 16.7. The van der Waals surface area contributed by atoms with E-state index < -0.39 is 6.10 Å². The minimum atomic E-state index is -0.535. The Bertz CT molecular complexity index is 1060. The van der Waals surface area contributed by atoms with Gasteiger partial charge in [0.25, 0.3) is 11.8 Å². The minimum absolute atomic E-state index is 0.141. The quantitative estimate of drug-likeness (QED) is 0.547. The second kappa shape index (κ2) is 10.4. The summed E-state index contributed by atoms with van der Waals surface area (Å²) < 4.78 is 0. The molecule has 0 bridgehead atoms. The van der Waals surface area contributed by atoms with Gasteiger partial charge in [0.05, 0.1) is 17.0 Å². The van der Waals surface area contributed by atoms with Crippen LogP contribution in [0.1, 0.15) is 85.2 Å². The summed E-state index contributed by atoms with van der Waals surface area (Å²) in [7, 11) is 0. The van der Waals surface area contributed by atoms with Crippen molar-refractivity contribution < 1.29 is 14.7 Å². The van der Waals surface area contributed by atoms with E-state index >= 15 is 0 Å². The zero-order valence-electron chi connectivity index (χ0n) is 20.4. The molecule has 0 aromatic carbocycles. The van der Waals surface area contributed by atoms with Gasteiger partial charge in [0.15, 0.2) is 5.01 Å². The van der Waals surface area contributed by atoms with Crippen LogP contribution in [0.25, 0.3) is 10.4 Å². The Kier molecular flexibility index (Phi) is 7.52. The second-order valence-corrected chi connectivity index (χ2v) is 10.6. The number of thiazole rings is 1. The SMILES string of the molecule is CC[C@@H](C)Nc1cc(C)c(-c2sc(C(=O)N[C@H]3CCC[C@@H]3O)nc2C(=O)N2CCC[C@@H]2C)cn1. The van der Waals surface area contributed by atoms with Crippen LogP contribution in [-0.2, 0) is 0 Å². The highest BCUT2D eigenvalue weighted by atomic mass is 32.1. The molecule has 34 heavy (non-hydrogen) atoms. The van der Waals surface area contributed by atoms with Crippen molar-refractivity contribution in [2.45, 2.75) is 90.4 Å². The Balaban J connectivity index is 1.68. The van der Waals surface area contributed by atoms with Crippen molar-refractivity contribution >= 4 is 29.0 Å². The molecule has 0 radical (unpaired) electrons. The Morgan fingerprint density at radius 2 is 2.09 bits per heavy atom. The molecule has 9 heteroatoms. The van der Waals surface area contributed by atoms with Gasteiger partial charge in [-0.15, -0.1) is 11.3 Å². The van der Waals surface area contributed by atoms with E-state index in [1.54, 1.807) is 6.20 Å². The molecule has 0 unspecified atom stereocenters. The summed E-state index contributed by atoms with van der Waals surface area (Å²) in [6, 6.07) is 2.15. The van der Waals surface area contributed by atoms with E-state index in [1.807, 2.05) is 24.8 Å². The predicted molar refractivity (Wildman–Crippen MR) is 134 cm³/mol. The van der Waals surface area contributed by atoms with E-state index in [0.717, 1.165) is 49.0 Å². The molecule has 2 aromatic heterocycles. The number of likely N-dealkylation sites (tertiary alicyclic amines) is 1. The van der Waals surface area contributed by atoms with Gasteiger partial charge in [-0.05, 0) is 70.9 Å². The first-order valence-electron chi connectivity index (χ1n) is 12.3. The largest absolute Gasteiger partial charge is 0.391 e. The van der Waals surface area contributed by atoms with E-state index in [9.17, 15) is 14.7 Å². The van der Waals surface area contributed by atoms with Crippen molar-refractivity contribution in [2.75, 3.05) is 11.9 Å². The molecule has 2 fully saturated rings. The van der Waals surface area contributed by atoms with Gasteiger partial charge in [-0.3, -0.25) is 9.59 Å². The normalized spacial score (nSPS) is 23.2. The van der Waals surface area contributed by atoms with Gasteiger partial charge in [0.1, 0.15) is 11.5 Å². The Hall–Kier alpha value is -2.52. The number of nitrogens with zero attached hydrogens (tertiary/aromatic N) is 3. The predicted octanol–water partition coefficient (Wildman–Crippen LogP) is 3.99. The summed E-state index contributed by atoms with van der Waals surface area (Å²) >= 11 is 1.22. The number of hydrogen-bond acceptors (Lipinski definition) is 7. The Morgan fingerprint density at radius 1 is 1.29 bits per heavy atom. The van der Waals surface area contributed by atoms with Crippen LogP contribution in [0, 0.1) is 6.92 Å².